The molecule has 0 heterocycles. The fourth-order valence-electron chi connectivity index (χ4n) is 1.20. The smallest absolute Gasteiger partial charge is 0.142 e. The molecule has 1 rings (SSSR count). The van der Waals surface area contributed by atoms with Gasteiger partial charge in [-0.05, 0) is 13.0 Å². The third-order valence-electron chi connectivity index (χ3n) is 2.04. The second-order valence-corrected chi connectivity index (χ2v) is 3.89. The molecule has 0 atom stereocenters. The van der Waals surface area contributed by atoms with E-state index in [-0.39, 0.29) is 0 Å². The highest BCUT2D eigenvalue weighted by atomic mass is 35.5. The van der Waals surface area contributed by atoms with Crippen LogP contribution in [0.5, 0.6) is 5.75 Å². The first-order chi connectivity index (χ1) is 7.15. The molecule has 0 aliphatic rings. The number of halogens is 1. The summed E-state index contributed by atoms with van der Waals surface area (Å²) < 4.78 is 5.60. The second-order valence-electron chi connectivity index (χ2n) is 3.49. The molecular weight excluding hydrogens is 210 g/mol. The molecule has 0 aliphatic heterocycles. The molecule has 0 saturated heterocycles. The van der Waals surface area contributed by atoms with E-state index in [1.54, 1.807) is 6.07 Å². The average molecular weight is 226 g/mol. The zero-order chi connectivity index (χ0) is 11.3. The number of ether oxygens (including phenoxy) is 1. The van der Waals surface area contributed by atoms with E-state index in [0.717, 1.165) is 17.6 Å². The summed E-state index contributed by atoms with van der Waals surface area (Å²) in [5, 5.41) is 0.611. The van der Waals surface area contributed by atoms with Crippen LogP contribution < -0.4 is 10.5 Å². The van der Waals surface area contributed by atoms with Crippen LogP contribution in [0.15, 0.2) is 30.4 Å². The van der Waals surface area contributed by atoms with E-state index in [4.69, 9.17) is 22.1 Å². The summed E-state index contributed by atoms with van der Waals surface area (Å²) in [4.78, 5) is 0. The molecule has 0 spiro atoms. The van der Waals surface area contributed by atoms with Crippen molar-refractivity contribution in [3.63, 3.8) is 0 Å². The summed E-state index contributed by atoms with van der Waals surface area (Å²) in [6.45, 7) is 6.81. The number of hydrogen-bond donors (Lipinski definition) is 1. The van der Waals surface area contributed by atoms with Crippen LogP contribution in [0.25, 0.3) is 0 Å². The summed E-state index contributed by atoms with van der Waals surface area (Å²) in [5.41, 5.74) is 7.62. The first-order valence-electron chi connectivity index (χ1n) is 4.89. The lowest BCUT2D eigenvalue weighted by Crippen LogP contribution is -2.04. The van der Waals surface area contributed by atoms with Gasteiger partial charge in [-0.3, -0.25) is 0 Å². The standard InChI is InChI=1S/C12H16ClNO/c1-9(2)6-7-15-12-10(8-14)4-3-5-11(12)13/h3-5H,1,6-8,14H2,2H3. The van der Waals surface area contributed by atoms with E-state index in [2.05, 4.69) is 6.58 Å². The van der Waals surface area contributed by atoms with Gasteiger partial charge < -0.3 is 10.5 Å². The highest BCUT2D eigenvalue weighted by Gasteiger charge is 2.06. The Kier molecular flexibility index (Phi) is 4.66. The van der Waals surface area contributed by atoms with Gasteiger partial charge in [-0.1, -0.05) is 29.3 Å². The van der Waals surface area contributed by atoms with Crippen LogP contribution in [0.3, 0.4) is 0 Å². The van der Waals surface area contributed by atoms with Gasteiger partial charge >= 0.3 is 0 Å². The van der Waals surface area contributed by atoms with E-state index in [9.17, 15) is 0 Å². The van der Waals surface area contributed by atoms with Crippen LogP contribution in [0, 0.1) is 0 Å². The summed E-state index contributed by atoms with van der Waals surface area (Å²) in [6, 6.07) is 5.59. The number of hydrogen-bond acceptors (Lipinski definition) is 2. The molecule has 0 aliphatic carbocycles. The average Bonchev–Trinajstić information content (AvgIpc) is 2.20. The lowest BCUT2D eigenvalue weighted by molar-refractivity contribution is 0.318. The van der Waals surface area contributed by atoms with E-state index >= 15 is 0 Å². The minimum absolute atomic E-state index is 0.433. The lowest BCUT2D eigenvalue weighted by atomic mass is 10.2. The lowest BCUT2D eigenvalue weighted by Gasteiger charge is -2.11. The Morgan fingerprint density at radius 3 is 2.87 bits per heavy atom. The first-order valence-corrected chi connectivity index (χ1v) is 5.27. The van der Waals surface area contributed by atoms with Gasteiger partial charge in [0.15, 0.2) is 0 Å². The molecule has 82 valence electrons. The Hall–Kier alpha value is -0.990. The van der Waals surface area contributed by atoms with Crippen LogP contribution in [0.2, 0.25) is 5.02 Å². The summed E-state index contributed by atoms with van der Waals surface area (Å²) in [6.07, 6.45) is 0.829. The van der Waals surface area contributed by atoms with Gasteiger partial charge in [0.2, 0.25) is 0 Å². The predicted octanol–water partition coefficient (Wildman–Crippen LogP) is 3.14. The van der Waals surface area contributed by atoms with Crippen LogP contribution in [0.1, 0.15) is 18.9 Å². The van der Waals surface area contributed by atoms with Gasteiger partial charge in [-0.25, -0.2) is 0 Å². The van der Waals surface area contributed by atoms with Crippen molar-refractivity contribution in [1.29, 1.82) is 0 Å². The number of rotatable bonds is 5. The first kappa shape index (κ1) is 12.1. The van der Waals surface area contributed by atoms with Crippen LogP contribution >= 0.6 is 11.6 Å². The van der Waals surface area contributed by atoms with Gasteiger partial charge in [0.05, 0.1) is 11.6 Å². The Morgan fingerprint density at radius 1 is 1.53 bits per heavy atom. The van der Waals surface area contributed by atoms with E-state index < -0.39 is 0 Å². The largest absolute Gasteiger partial charge is 0.491 e. The van der Waals surface area contributed by atoms with Crippen molar-refractivity contribution in [3.8, 4) is 5.75 Å². The Bertz CT molecular complexity index is 349. The Labute approximate surface area is 95.7 Å². The summed E-state index contributed by atoms with van der Waals surface area (Å²) in [7, 11) is 0. The summed E-state index contributed by atoms with van der Waals surface area (Å²) in [5.74, 6) is 0.697. The van der Waals surface area contributed by atoms with Gasteiger partial charge in [0.25, 0.3) is 0 Å². The van der Waals surface area contributed by atoms with Crippen molar-refractivity contribution < 1.29 is 4.74 Å². The zero-order valence-corrected chi connectivity index (χ0v) is 9.68. The molecule has 0 aromatic heterocycles. The Balaban J connectivity index is 2.70. The summed E-state index contributed by atoms with van der Waals surface area (Å²) >= 11 is 6.02. The topological polar surface area (TPSA) is 35.2 Å². The molecule has 0 bridgehead atoms. The number of para-hydroxylation sites is 1. The van der Waals surface area contributed by atoms with Crippen LogP contribution in [-0.4, -0.2) is 6.61 Å². The third-order valence-corrected chi connectivity index (χ3v) is 2.34. The molecule has 15 heavy (non-hydrogen) atoms. The molecule has 0 saturated carbocycles. The molecule has 3 heteroatoms. The molecule has 0 unspecified atom stereocenters. The van der Waals surface area contributed by atoms with Crippen LogP contribution in [-0.2, 0) is 6.54 Å². The molecule has 2 N–H and O–H groups in total. The molecule has 0 radical (unpaired) electrons. The molecule has 1 aromatic carbocycles. The monoisotopic (exact) mass is 225 g/mol. The number of nitrogens with two attached hydrogens (primary N) is 1. The van der Waals surface area contributed by atoms with Crippen molar-refractivity contribution >= 4 is 11.6 Å². The molecule has 0 amide bonds. The van der Waals surface area contributed by atoms with Crippen molar-refractivity contribution in [2.24, 2.45) is 5.73 Å². The molecular formula is C12H16ClNO. The van der Waals surface area contributed by atoms with Crippen LogP contribution in [0.4, 0.5) is 0 Å². The molecule has 2 nitrogen and oxygen atoms in total. The fourth-order valence-corrected chi connectivity index (χ4v) is 1.45. The maximum atomic E-state index is 6.02. The van der Waals surface area contributed by atoms with Crippen molar-refractivity contribution in [2.75, 3.05) is 6.61 Å². The quantitative estimate of drug-likeness (QED) is 0.782. The number of benzene rings is 1. The minimum atomic E-state index is 0.433. The Morgan fingerprint density at radius 2 is 2.27 bits per heavy atom. The fraction of sp³-hybridized carbons (Fsp3) is 0.333. The van der Waals surface area contributed by atoms with Gasteiger partial charge in [-0.2, -0.15) is 0 Å². The van der Waals surface area contributed by atoms with Crippen molar-refractivity contribution in [3.05, 3.63) is 40.9 Å². The SMILES string of the molecule is C=C(C)CCOc1c(Cl)cccc1CN. The van der Waals surface area contributed by atoms with Gasteiger partial charge in [-0.15, -0.1) is 6.58 Å². The maximum absolute atomic E-state index is 6.02. The van der Waals surface area contributed by atoms with E-state index in [1.165, 1.54) is 0 Å². The predicted molar refractivity (Wildman–Crippen MR) is 64.3 cm³/mol. The molecule has 0 fully saturated rings. The third kappa shape index (κ3) is 3.57. The van der Waals surface area contributed by atoms with Crippen molar-refractivity contribution in [2.45, 2.75) is 19.9 Å². The maximum Gasteiger partial charge on any atom is 0.142 e. The van der Waals surface area contributed by atoms with Gasteiger partial charge in [0.1, 0.15) is 5.75 Å². The minimum Gasteiger partial charge on any atom is -0.491 e. The highest BCUT2D eigenvalue weighted by Crippen LogP contribution is 2.28. The second kappa shape index (κ2) is 5.79. The zero-order valence-electron chi connectivity index (χ0n) is 8.92. The highest BCUT2D eigenvalue weighted by molar-refractivity contribution is 6.32. The van der Waals surface area contributed by atoms with E-state index in [0.29, 0.717) is 23.9 Å². The van der Waals surface area contributed by atoms with E-state index in [1.807, 2.05) is 19.1 Å². The normalized spacial score (nSPS) is 10.1. The van der Waals surface area contributed by atoms with Gasteiger partial charge in [0, 0.05) is 18.5 Å². The molecule has 1 aromatic rings. The van der Waals surface area contributed by atoms with Crippen molar-refractivity contribution in [1.82, 2.24) is 0 Å².